The van der Waals surface area contributed by atoms with Crippen LogP contribution in [0.1, 0.15) is 15.9 Å². The maximum absolute atomic E-state index is 11.8. The van der Waals surface area contributed by atoms with E-state index in [-0.39, 0.29) is 5.97 Å². The van der Waals surface area contributed by atoms with Crippen LogP contribution in [0.2, 0.25) is 5.02 Å². The van der Waals surface area contributed by atoms with Crippen molar-refractivity contribution in [1.29, 1.82) is 0 Å². The van der Waals surface area contributed by atoms with Gasteiger partial charge in [-0.25, -0.2) is 4.79 Å². The molecule has 1 aromatic heterocycles. The van der Waals surface area contributed by atoms with Crippen LogP contribution in [0.15, 0.2) is 84.0 Å². The molecular weight excluding hydrogens is 418 g/mol. The minimum Gasteiger partial charge on any atom is -0.465 e. The van der Waals surface area contributed by atoms with Crippen LogP contribution in [-0.2, 0) is 10.5 Å². The highest BCUT2D eigenvalue weighted by atomic mass is 35.5. The molecule has 0 bridgehead atoms. The normalized spacial score (nSPS) is 10.7. The number of hydrogen-bond acceptors (Lipinski definition) is 5. The summed E-state index contributed by atoms with van der Waals surface area (Å²) in [6.07, 6.45) is 0. The molecule has 0 aliphatic heterocycles. The smallest absolute Gasteiger partial charge is 0.337 e. The lowest BCUT2D eigenvalue weighted by atomic mass is 10.1. The second-order valence-corrected chi connectivity index (χ2v) is 7.79. The highest BCUT2D eigenvalue weighted by Gasteiger charge is 2.18. The second kappa shape index (κ2) is 9.15. The van der Waals surface area contributed by atoms with Gasteiger partial charge in [0.05, 0.1) is 17.7 Å². The molecule has 0 atom stereocenters. The first-order chi connectivity index (χ1) is 14.7. The molecule has 30 heavy (non-hydrogen) atoms. The number of esters is 1. The van der Waals surface area contributed by atoms with Gasteiger partial charge in [-0.1, -0.05) is 65.8 Å². The number of carbonyl (C=O) groups excluding carboxylic acids is 1. The molecule has 4 rings (SSSR count). The largest absolute Gasteiger partial charge is 0.465 e. The van der Waals surface area contributed by atoms with Crippen molar-refractivity contribution in [3.05, 3.63) is 95.0 Å². The van der Waals surface area contributed by atoms with Crippen molar-refractivity contribution in [2.24, 2.45) is 0 Å². The lowest BCUT2D eigenvalue weighted by Gasteiger charge is -2.11. The molecular formula is C23H18ClN3O2S. The number of methoxy groups -OCH3 is 1. The molecule has 5 nitrogen and oxygen atoms in total. The summed E-state index contributed by atoms with van der Waals surface area (Å²) in [5.41, 5.74) is 3.28. The van der Waals surface area contributed by atoms with Gasteiger partial charge in [0.2, 0.25) is 0 Å². The summed E-state index contributed by atoms with van der Waals surface area (Å²) in [4.78, 5) is 11.8. The number of ether oxygens (including phenoxy) is 1. The molecule has 0 amide bonds. The summed E-state index contributed by atoms with van der Waals surface area (Å²) in [5.74, 6) is 0.950. The molecule has 0 N–H and O–H groups in total. The van der Waals surface area contributed by atoms with Gasteiger partial charge in [-0.15, -0.1) is 10.2 Å². The van der Waals surface area contributed by atoms with E-state index in [9.17, 15) is 4.79 Å². The van der Waals surface area contributed by atoms with Gasteiger partial charge in [-0.3, -0.25) is 4.57 Å². The first-order valence-electron chi connectivity index (χ1n) is 9.23. The van der Waals surface area contributed by atoms with Gasteiger partial charge in [0, 0.05) is 17.0 Å². The van der Waals surface area contributed by atoms with E-state index in [4.69, 9.17) is 16.3 Å². The van der Waals surface area contributed by atoms with E-state index in [0.717, 1.165) is 22.0 Å². The minimum absolute atomic E-state index is 0.352. The fourth-order valence-corrected chi connectivity index (χ4v) is 4.16. The predicted molar refractivity (Wildman–Crippen MR) is 119 cm³/mol. The molecule has 0 aliphatic rings. The van der Waals surface area contributed by atoms with Crippen molar-refractivity contribution < 1.29 is 9.53 Å². The Bertz CT molecular complexity index is 1180. The summed E-state index contributed by atoms with van der Waals surface area (Å²) >= 11 is 7.97. The molecule has 0 saturated heterocycles. The highest BCUT2D eigenvalue weighted by molar-refractivity contribution is 7.98. The van der Waals surface area contributed by atoms with Gasteiger partial charge in [0.1, 0.15) is 0 Å². The molecule has 0 saturated carbocycles. The molecule has 1 heterocycles. The molecule has 150 valence electrons. The SMILES string of the molecule is COC(=O)c1cccc(CSc2nnc(-c3ccccc3Cl)n2-c2ccccc2)c1. The molecule has 4 aromatic rings. The van der Waals surface area contributed by atoms with Crippen molar-refractivity contribution in [2.75, 3.05) is 7.11 Å². The number of aromatic nitrogens is 3. The van der Waals surface area contributed by atoms with E-state index in [1.165, 1.54) is 18.9 Å². The molecule has 0 spiro atoms. The van der Waals surface area contributed by atoms with Crippen LogP contribution in [0.5, 0.6) is 0 Å². The number of nitrogens with zero attached hydrogens (tertiary/aromatic N) is 3. The number of hydrogen-bond donors (Lipinski definition) is 0. The third kappa shape index (κ3) is 4.25. The highest BCUT2D eigenvalue weighted by Crippen LogP contribution is 2.32. The van der Waals surface area contributed by atoms with Gasteiger partial charge in [0.15, 0.2) is 11.0 Å². The Kier molecular flexibility index (Phi) is 6.16. The van der Waals surface area contributed by atoms with E-state index in [2.05, 4.69) is 10.2 Å². The Morgan fingerprint density at radius 1 is 1.00 bits per heavy atom. The monoisotopic (exact) mass is 435 g/mol. The lowest BCUT2D eigenvalue weighted by molar-refractivity contribution is 0.0600. The van der Waals surface area contributed by atoms with Gasteiger partial charge in [-0.05, 0) is 42.0 Å². The van der Waals surface area contributed by atoms with Crippen LogP contribution in [0, 0.1) is 0 Å². The second-order valence-electron chi connectivity index (χ2n) is 6.44. The minimum atomic E-state index is -0.352. The molecule has 7 heteroatoms. The Labute approximate surface area is 183 Å². The zero-order valence-electron chi connectivity index (χ0n) is 16.2. The number of halogens is 1. The third-order valence-corrected chi connectivity index (χ3v) is 5.81. The standard InChI is InChI=1S/C23H18ClN3O2S/c1-29-22(28)17-9-7-8-16(14-17)15-30-23-26-25-21(19-12-5-6-13-20(19)24)27(23)18-10-3-2-4-11-18/h2-14H,15H2,1H3. The average Bonchev–Trinajstić information content (AvgIpc) is 3.22. The number of para-hydroxylation sites is 1. The van der Waals surface area contributed by atoms with Crippen LogP contribution in [0.3, 0.4) is 0 Å². The summed E-state index contributed by atoms with van der Waals surface area (Å²) in [6, 6.07) is 24.9. The molecule has 0 aliphatic carbocycles. The Morgan fingerprint density at radius 3 is 2.53 bits per heavy atom. The fraction of sp³-hybridized carbons (Fsp3) is 0.0870. The van der Waals surface area contributed by atoms with Crippen molar-refractivity contribution in [1.82, 2.24) is 14.8 Å². The Hall–Kier alpha value is -3.09. The molecule has 3 aromatic carbocycles. The van der Waals surface area contributed by atoms with Crippen LogP contribution in [0.4, 0.5) is 0 Å². The summed E-state index contributed by atoms with van der Waals surface area (Å²) < 4.78 is 6.81. The Balaban J connectivity index is 1.69. The zero-order chi connectivity index (χ0) is 20.9. The lowest BCUT2D eigenvalue weighted by Crippen LogP contribution is -2.02. The van der Waals surface area contributed by atoms with Crippen LogP contribution < -0.4 is 0 Å². The average molecular weight is 436 g/mol. The third-order valence-electron chi connectivity index (χ3n) is 4.48. The van der Waals surface area contributed by atoms with Gasteiger partial charge < -0.3 is 4.74 Å². The van der Waals surface area contributed by atoms with Crippen molar-refractivity contribution in [3.63, 3.8) is 0 Å². The number of thioether (sulfide) groups is 1. The molecule has 0 fully saturated rings. The maximum atomic E-state index is 11.8. The first-order valence-corrected chi connectivity index (χ1v) is 10.6. The molecule has 0 radical (unpaired) electrons. The van der Waals surface area contributed by atoms with Crippen molar-refractivity contribution in [2.45, 2.75) is 10.9 Å². The number of carbonyl (C=O) groups is 1. The summed E-state index contributed by atoms with van der Waals surface area (Å²) in [5, 5.41) is 10.2. The number of benzene rings is 3. The van der Waals surface area contributed by atoms with Crippen LogP contribution in [-0.4, -0.2) is 27.8 Å². The van der Waals surface area contributed by atoms with Crippen molar-refractivity contribution >= 4 is 29.3 Å². The van der Waals surface area contributed by atoms with Crippen LogP contribution in [0.25, 0.3) is 17.1 Å². The Morgan fingerprint density at radius 2 is 1.77 bits per heavy atom. The summed E-state index contributed by atoms with van der Waals surface area (Å²) in [7, 11) is 1.38. The van der Waals surface area contributed by atoms with E-state index in [1.54, 1.807) is 6.07 Å². The quantitative estimate of drug-likeness (QED) is 0.288. The molecule has 0 unspecified atom stereocenters. The van der Waals surface area contributed by atoms with Gasteiger partial charge >= 0.3 is 5.97 Å². The first kappa shape index (κ1) is 20.2. The van der Waals surface area contributed by atoms with E-state index >= 15 is 0 Å². The van der Waals surface area contributed by atoms with E-state index in [0.29, 0.717) is 22.2 Å². The van der Waals surface area contributed by atoms with Crippen molar-refractivity contribution in [3.8, 4) is 17.1 Å². The van der Waals surface area contributed by atoms with Gasteiger partial charge in [-0.2, -0.15) is 0 Å². The predicted octanol–water partition coefficient (Wildman–Crippen LogP) is 5.67. The van der Waals surface area contributed by atoms with Gasteiger partial charge in [0.25, 0.3) is 0 Å². The van der Waals surface area contributed by atoms with E-state index in [1.807, 2.05) is 77.4 Å². The number of rotatable bonds is 6. The zero-order valence-corrected chi connectivity index (χ0v) is 17.7. The van der Waals surface area contributed by atoms with E-state index < -0.39 is 0 Å². The summed E-state index contributed by atoms with van der Waals surface area (Å²) in [6.45, 7) is 0. The maximum Gasteiger partial charge on any atom is 0.337 e. The fourth-order valence-electron chi connectivity index (χ4n) is 3.04. The van der Waals surface area contributed by atoms with Crippen LogP contribution >= 0.6 is 23.4 Å². The topological polar surface area (TPSA) is 57.0 Å².